The maximum absolute atomic E-state index is 12.4. The number of nitrogens with two attached hydrogens (primary N) is 1. The third-order valence-electron chi connectivity index (χ3n) is 4.74. The molecule has 3 N–H and O–H groups in total. The van der Waals surface area contributed by atoms with E-state index in [2.05, 4.69) is 5.32 Å². The lowest BCUT2D eigenvalue weighted by atomic mass is 9.90. The molecule has 1 aliphatic heterocycles. The highest BCUT2D eigenvalue weighted by Crippen LogP contribution is 2.23. The van der Waals surface area contributed by atoms with E-state index in [9.17, 15) is 9.59 Å². The van der Waals surface area contributed by atoms with Crippen molar-refractivity contribution in [1.29, 1.82) is 0 Å². The Morgan fingerprint density at radius 3 is 2.32 bits per heavy atom. The highest BCUT2D eigenvalue weighted by atomic mass is 16.2. The van der Waals surface area contributed by atoms with Gasteiger partial charge in [-0.25, -0.2) is 0 Å². The summed E-state index contributed by atoms with van der Waals surface area (Å²) in [5.74, 6) is 0.0430. The predicted octanol–water partition coefficient (Wildman–Crippen LogP) is 1.90. The van der Waals surface area contributed by atoms with Gasteiger partial charge in [-0.3, -0.25) is 9.59 Å². The van der Waals surface area contributed by atoms with Crippen molar-refractivity contribution in [2.24, 2.45) is 17.1 Å². The molecular formula is C17H33N3O2. The second kappa shape index (κ2) is 7.44. The van der Waals surface area contributed by atoms with Crippen LogP contribution in [0.3, 0.4) is 0 Å². The van der Waals surface area contributed by atoms with Crippen molar-refractivity contribution in [3.63, 3.8) is 0 Å². The van der Waals surface area contributed by atoms with Crippen molar-refractivity contribution in [2.75, 3.05) is 19.6 Å². The third-order valence-corrected chi connectivity index (χ3v) is 4.74. The van der Waals surface area contributed by atoms with Crippen molar-refractivity contribution in [3.05, 3.63) is 0 Å². The zero-order valence-corrected chi connectivity index (χ0v) is 14.9. The van der Waals surface area contributed by atoms with Crippen LogP contribution in [-0.2, 0) is 9.59 Å². The van der Waals surface area contributed by atoms with Crippen molar-refractivity contribution >= 4 is 11.8 Å². The summed E-state index contributed by atoms with van der Waals surface area (Å²) in [4.78, 5) is 26.6. The van der Waals surface area contributed by atoms with Gasteiger partial charge < -0.3 is 16.0 Å². The molecule has 0 spiro atoms. The number of carbonyl (C=O) groups excluding carboxylic acids is 2. The Morgan fingerprint density at radius 1 is 1.23 bits per heavy atom. The summed E-state index contributed by atoms with van der Waals surface area (Å²) < 4.78 is 0. The van der Waals surface area contributed by atoms with Crippen molar-refractivity contribution in [2.45, 2.75) is 65.8 Å². The second-order valence-electron chi connectivity index (χ2n) is 7.63. The molecule has 1 saturated heterocycles. The molecule has 0 radical (unpaired) electrons. The van der Waals surface area contributed by atoms with Crippen LogP contribution in [-0.4, -0.2) is 41.9 Å². The average Bonchev–Trinajstić information content (AvgIpc) is 2.50. The van der Waals surface area contributed by atoms with E-state index in [1.165, 1.54) is 0 Å². The molecule has 0 aromatic heterocycles. The van der Waals surface area contributed by atoms with E-state index < -0.39 is 5.41 Å². The first-order valence-electron chi connectivity index (χ1n) is 8.49. The number of hydrogen-bond acceptors (Lipinski definition) is 3. The predicted molar refractivity (Wildman–Crippen MR) is 89.3 cm³/mol. The largest absolute Gasteiger partial charge is 0.354 e. The molecular weight excluding hydrogens is 278 g/mol. The Balaban J connectivity index is 2.58. The fraction of sp³-hybridized carbons (Fsp3) is 0.882. The molecule has 5 heteroatoms. The molecule has 0 bridgehead atoms. The molecule has 0 aromatic rings. The van der Waals surface area contributed by atoms with Crippen LogP contribution in [0.15, 0.2) is 0 Å². The third kappa shape index (κ3) is 4.97. The normalized spacial score (nSPS) is 19.9. The van der Waals surface area contributed by atoms with E-state index in [1.54, 1.807) is 0 Å². The van der Waals surface area contributed by atoms with Gasteiger partial charge in [-0.15, -0.1) is 0 Å². The van der Waals surface area contributed by atoms with Crippen LogP contribution in [0.1, 0.15) is 60.3 Å². The minimum atomic E-state index is -0.394. The van der Waals surface area contributed by atoms with E-state index in [-0.39, 0.29) is 23.3 Å². The van der Waals surface area contributed by atoms with Gasteiger partial charge in [0.2, 0.25) is 11.8 Å². The number of nitrogens with zero attached hydrogens (tertiary/aromatic N) is 1. The monoisotopic (exact) mass is 311 g/mol. The summed E-state index contributed by atoms with van der Waals surface area (Å²) in [6.45, 7) is 11.6. The quantitative estimate of drug-likeness (QED) is 0.814. The summed E-state index contributed by atoms with van der Waals surface area (Å²) in [7, 11) is 0. The van der Waals surface area contributed by atoms with E-state index >= 15 is 0 Å². The van der Waals surface area contributed by atoms with Gasteiger partial charge in [0.15, 0.2) is 0 Å². The first-order chi connectivity index (χ1) is 10.1. The van der Waals surface area contributed by atoms with Gasteiger partial charge in [-0.05, 0) is 25.7 Å². The fourth-order valence-corrected chi connectivity index (χ4v) is 2.76. The molecule has 1 heterocycles. The van der Waals surface area contributed by atoms with Gasteiger partial charge in [0, 0.05) is 30.6 Å². The molecule has 1 rings (SSSR count). The van der Waals surface area contributed by atoms with Crippen LogP contribution in [0.4, 0.5) is 0 Å². The summed E-state index contributed by atoms with van der Waals surface area (Å²) in [6, 6.07) is 0. The number of nitrogens with one attached hydrogen (secondary N) is 1. The van der Waals surface area contributed by atoms with Gasteiger partial charge in [0.1, 0.15) is 0 Å². The molecule has 5 nitrogen and oxygen atoms in total. The highest BCUT2D eigenvalue weighted by molar-refractivity contribution is 5.83. The lowest BCUT2D eigenvalue weighted by Gasteiger charge is -2.36. The van der Waals surface area contributed by atoms with Gasteiger partial charge >= 0.3 is 0 Å². The van der Waals surface area contributed by atoms with Crippen LogP contribution in [0.5, 0.6) is 0 Å². The van der Waals surface area contributed by atoms with E-state index in [0.29, 0.717) is 13.1 Å². The number of likely N-dealkylation sites (tertiary alicyclic amines) is 1. The maximum Gasteiger partial charge on any atom is 0.227 e. The van der Waals surface area contributed by atoms with Gasteiger partial charge in [0.25, 0.3) is 0 Å². The van der Waals surface area contributed by atoms with Crippen LogP contribution >= 0.6 is 0 Å². The maximum atomic E-state index is 12.4. The molecule has 0 saturated carbocycles. The van der Waals surface area contributed by atoms with E-state index in [4.69, 9.17) is 5.73 Å². The fourth-order valence-electron chi connectivity index (χ4n) is 2.76. The van der Waals surface area contributed by atoms with Crippen LogP contribution in [0.2, 0.25) is 0 Å². The molecule has 22 heavy (non-hydrogen) atoms. The van der Waals surface area contributed by atoms with Crippen molar-refractivity contribution < 1.29 is 9.59 Å². The Labute approximate surface area is 135 Å². The number of rotatable bonds is 5. The van der Waals surface area contributed by atoms with E-state index in [1.807, 2.05) is 39.5 Å². The number of carbonyl (C=O) groups is 2. The Kier molecular flexibility index (Phi) is 6.41. The van der Waals surface area contributed by atoms with Crippen molar-refractivity contribution in [1.82, 2.24) is 10.2 Å². The first-order valence-corrected chi connectivity index (χ1v) is 8.49. The smallest absolute Gasteiger partial charge is 0.227 e. The zero-order chi connectivity index (χ0) is 17.0. The molecule has 128 valence electrons. The highest BCUT2D eigenvalue weighted by Gasteiger charge is 2.33. The molecule has 1 unspecified atom stereocenters. The van der Waals surface area contributed by atoms with E-state index in [0.717, 1.165) is 32.2 Å². The number of amides is 2. The first kappa shape index (κ1) is 18.9. The van der Waals surface area contributed by atoms with Crippen LogP contribution in [0, 0.1) is 11.3 Å². The van der Waals surface area contributed by atoms with Gasteiger partial charge in [-0.1, -0.05) is 34.6 Å². The Bertz CT molecular complexity index is 397. The summed E-state index contributed by atoms with van der Waals surface area (Å²) in [5, 5.41) is 2.99. The Hall–Kier alpha value is -1.10. The molecule has 1 atom stereocenters. The minimum Gasteiger partial charge on any atom is -0.354 e. The summed E-state index contributed by atoms with van der Waals surface area (Å²) in [6.07, 6.45) is 3.40. The minimum absolute atomic E-state index is 0.0307. The van der Waals surface area contributed by atoms with Gasteiger partial charge in [-0.2, -0.15) is 0 Å². The molecule has 0 aromatic carbocycles. The lowest BCUT2D eigenvalue weighted by molar-refractivity contribution is -0.142. The summed E-state index contributed by atoms with van der Waals surface area (Å²) in [5.41, 5.74) is 5.51. The Morgan fingerprint density at radius 2 is 1.82 bits per heavy atom. The van der Waals surface area contributed by atoms with Crippen molar-refractivity contribution in [3.8, 4) is 0 Å². The molecule has 1 fully saturated rings. The molecule has 0 aliphatic carbocycles. The summed E-state index contributed by atoms with van der Waals surface area (Å²) >= 11 is 0. The second-order valence-corrected chi connectivity index (χ2v) is 7.63. The topological polar surface area (TPSA) is 75.4 Å². The van der Waals surface area contributed by atoms with Crippen LogP contribution < -0.4 is 11.1 Å². The number of hydrogen-bond donors (Lipinski definition) is 2. The van der Waals surface area contributed by atoms with Gasteiger partial charge in [0.05, 0.1) is 5.92 Å². The SMILES string of the molecule is CCC(N)(CC)CNC(=O)C1CCCN(C(=O)C(C)(C)C)C1. The zero-order valence-electron chi connectivity index (χ0n) is 14.9. The van der Waals surface area contributed by atoms with Crippen LogP contribution in [0.25, 0.3) is 0 Å². The lowest BCUT2D eigenvalue weighted by Crippen LogP contribution is -2.53. The standard InChI is InChI=1S/C17H33N3O2/c1-6-17(18,7-2)12-19-14(21)13-9-8-10-20(11-13)15(22)16(3,4)5/h13H,6-12,18H2,1-5H3,(H,19,21). The average molecular weight is 311 g/mol. The molecule has 1 aliphatic rings. The molecule has 2 amide bonds. The number of piperidine rings is 1.